The van der Waals surface area contributed by atoms with Gasteiger partial charge in [-0.2, -0.15) is 0 Å². The molecule has 98 valence electrons. The molecule has 1 aliphatic rings. The minimum Gasteiger partial charge on any atom is -0.459 e. The van der Waals surface area contributed by atoms with Crippen molar-refractivity contribution in [1.82, 2.24) is 0 Å². The number of ether oxygens (including phenoxy) is 2. The maximum Gasteiger partial charge on any atom is 0.341 e. The first-order chi connectivity index (χ1) is 8.68. The van der Waals surface area contributed by atoms with Crippen molar-refractivity contribution in [3.05, 3.63) is 35.4 Å². The van der Waals surface area contributed by atoms with E-state index >= 15 is 0 Å². The van der Waals surface area contributed by atoms with E-state index in [0.29, 0.717) is 6.61 Å². The van der Waals surface area contributed by atoms with Crippen molar-refractivity contribution < 1.29 is 23.0 Å². The Bertz CT molecular complexity index is 428. The predicted octanol–water partition coefficient (Wildman–Crippen LogP) is 2.69. The lowest BCUT2D eigenvalue weighted by Crippen LogP contribution is -2.26. The first-order valence-corrected chi connectivity index (χ1v) is 5.91. The van der Waals surface area contributed by atoms with Gasteiger partial charge in [0.25, 0.3) is 0 Å². The molecule has 1 heterocycles. The fourth-order valence-electron chi connectivity index (χ4n) is 1.85. The lowest BCUT2D eigenvalue weighted by Gasteiger charge is -2.22. The molecule has 0 N–H and O–H groups in total. The van der Waals surface area contributed by atoms with E-state index in [1.807, 2.05) is 0 Å². The molecule has 1 saturated heterocycles. The molecule has 1 aromatic rings. The van der Waals surface area contributed by atoms with Gasteiger partial charge in [0.15, 0.2) is 11.6 Å². The highest BCUT2D eigenvalue weighted by Crippen LogP contribution is 2.15. The maximum atomic E-state index is 13.3. The molecule has 1 aromatic carbocycles. The number of esters is 1. The molecule has 0 saturated carbocycles. The predicted molar refractivity (Wildman–Crippen MR) is 60.2 cm³/mol. The molecular formula is C13H14F2O3. The van der Waals surface area contributed by atoms with Gasteiger partial charge in [-0.15, -0.1) is 0 Å². The topological polar surface area (TPSA) is 35.5 Å². The van der Waals surface area contributed by atoms with Crippen LogP contribution in [0.1, 0.15) is 29.6 Å². The molecule has 0 bridgehead atoms. The van der Waals surface area contributed by atoms with E-state index in [4.69, 9.17) is 9.47 Å². The number of hydrogen-bond acceptors (Lipinski definition) is 3. The second-order valence-electron chi connectivity index (χ2n) is 4.19. The summed E-state index contributed by atoms with van der Waals surface area (Å²) in [6, 6.07) is 3.42. The molecule has 1 aliphatic heterocycles. The van der Waals surface area contributed by atoms with Crippen LogP contribution in [0.25, 0.3) is 0 Å². The first kappa shape index (κ1) is 13.0. The zero-order chi connectivity index (χ0) is 13.0. The van der Waals surface area contributed by atoms with Crippen LogP contribution in [0.15, 0.2) is 18.2 Å². The minimum atomic E-state index is -1.17. The monoisotopic (exact) mass is 256 g/mol. The van der Waals surface area contributed by atoms with Crippen molar-refractivity contribution in [2.24, 2.45) is 0 Å². The van der Waals surface area contributed by atoms with E-state index in [1.165, 1.54) is 12.1 Å². The molecule has 18 heavy (non-hydrogen) atoms. The van der Waals surface area contributed by atoms with Gasteiger partial charge < -0.3 is 9.47 Å². The van der Waals surface area contributed by atoms with Gasteiger partial charge in [0.2, 0.25) is 0 Å². The van der Waals surface area contributed by atoms with Crippen LogP contribution in [0.5, 0.6) is 0 Å². The number of carbonyl (C=O) groups is 1. The van der Waals surface area contributed by atoms with Crippen molar-refractivity contribution in [1.29, 1.82) is 0 Å². The number of hydrogen-bond donors (Lipinski definition) is 0. The van der Waals surface area contributed by atoms with Gasteiger partial charge in [-0.25, -0.2) is 13.6 Å². The molecule has 2 rings (SSSR count). The Balaban J connectivity index is 1.93. The summed E-state index contributed by atoms with van der Waals surface area (Å²) in [7, 11) is 0. The van der Waals surface area contributed by atoms with Gasteiger partial charge in [0, 0.05) is 6.61 Å². The van der Waals surface area contributed by atoms with Crippen molar-refractivity contribution in [2.45, 2.75) is 25.4 Å². The van der Waals surface area contributed by atoms with Crippen molar-refractivity contribution in [3.63, 3.8) is 0 Å². The Labute approximate surface area is 104 Å². The average Bonchev–Trinajstić information content (AvgIpc) is 2.40. The molecule has 0 aliphatic carbocycles. The van der Waals surface area contributed by atoms with E-state index in [1.54, 1.807) is 0 Å². The van der Waals surface area contributed by atoms with Crippen LogP contribution in [0, 0.1) is 11.6 Å². The van der Waals surface area contributed by atoms with Crippen molar-refractivity contribution >= 4 is 5.97 Å². The van der Waals surface area contributed by atoms with Crippen molar-refractivity contribution in [2.75, 3.05) is 13.2 Å². The fraction of sp³-hybridized carbons (Fsp3) is 0.462. The van der Waals surface area contributed by atoms with Gasteiger partial charge in [0.1, 0.15) is 6.61 Å². The first-order valence-electron chi connectivity index (χ1n) is 5.91. The van der Waals surface area contributed by atoms with Gasteiger partial charge in [-0.3, -0.25) is 0 Å². The second kappa shape index (κ2) is 5.91. The molecule has 0 amide bonds. The Morgan fingerprint density at radius 3 is 2.94 bits per heavy atom. The molecule has 0 radical (unpaired) electrons. The SMILES string of the molecule is O=C(OCC1CCCCO1)c1cccc(F)c1F. The lowest BCUT2D eigenvalue weighted by molar-refractivity contribution is -0.0302. The van der Waals surface area contributed by atoms with Crippen LogP contribution in [0.3, 0.4) is 0 Å². The quantitative estimate of drug-likeness (QED) is 0.780. The van der Waals surface area contributed by atoms with E-state index in [-0.39, 0.29) is 18.3 Å². The molecular weight excluding hydrogens is 242 g/mol. The Hall–Kier alpha value is -1.49. The highest BCUT2D eigenvalue weighted by atomic mass is 19.2. The summed E-state index contributed by atoms with van der Waals surface area (Å²) in [4.78, 5) is 11.6. The minimum absolute atomic E-state index is 0.0782. The molecule has 0 aromatic heterocycles. The van der Waals surface area contributed by atoms with Crippen LogP contribution in [0.4, 0.5) is 8.78 Å². The summed E-state index contributed by atoms with van der Waals surface area (Å²) in [6.07, 6.45) is 2.71. The Morgan fingerprint density at radius 1 is 1.39 bits per heavy atom. The van der Waals surface area contributed by atoms with Gasteiger partial charge in [0.05, 0.1) is 11.7 Å². The van der Waals surface area contributed by atoms with Crippen molar-refractivity contribution in [3.8, 4) is 0 Å². The third-order valence-corrected chi connectivity index (χ3v) is 2.85. The largest absolute Gasteiger partial charge is 0.459 e. The molecule has 1 unspecified atom stereocenters. The van der Waals surface area contributed by atoms with Crippen LogP contribution >= 0.6 is 0 Å². The summed E-state index contributed by atoms with van der Waals surface area (Å²) < 4.78 is 36.5. The molecule has 1 atom stereocenters. The zero-order valence-corrected chi connectivity index (χ0v) is 9.83. The van der Waals surface area contributed by atoms with Gasteiger partial charge in [-0.05, 0) is 31.4 Å². The Morgan fingerprint density at radius 2 is 2.22 bits per heavy atom. The lowest BCUT2D eigenvalue weighted by atomic mass is 10.1. The van der Waals surface area contributed by atoms with E-state index in [0.717, 1.165) is 25.3 Å². The summed E-state index contributed by atoms with van der Waals surface area (Å²) >= 11 is 0. The van der Waals surface area contributed by atoms with Crippen LogP contribution in [-0.4, -0.2) is 25.3 Å². The highest BCUT2D eigenvalue weighted by Gasteiger charge is 2.19. The average molecular weight is 256 g/mol. The van der Waals surface area contributed by atoms with Crippen LogP contribution in [0.2, 0.25) is 0 Å². The molecule has 0 spiro atoms. The summed E-state index contributed by atoms with van der Waals surface area (Å²) in [5, 5.41) is 0. The third kappa shape index (κ3) is 3.04. The van der Waals surface area contributed by atoms with Gasteiger partial charge in [-0.1, -0.05) is 6.07 Å². The number of benzene rings is 1. The van der Waals surface area contributed by atoms with Crippen LogP contribution in [-0.2, 0) is 9.47 Å². The molecule has 3 nitrogen and oxygen atoms in total. The summed E-state index contributed by atoms with van der Waals surface area (Å²) in [5.74, 6) is -3.09. The number of carbonyl (C=O) groups excluding carboxylic acids is 1. The fourth-order valence-corrected chi connectivity index (χ4v) is 1.85. The number of halogens is 2. The zero-order valence-electron chi connectivity index (χ0n) is 9.83. The summed E-state index contributed by atoms with van der Waals surface area (Å²) in [6.45, 7) is 0.728. The van der Waals surface area contributed by atoms with E-state index < -0.39 is 17.6 Å². The number of rotatable bonds is 3. The Kier molecular flexibility index (Phi) is 4.25. The molecule has 1 fully saturated rings. The van der Waals surface area contributed by atoms with Gasteiger partial charge >= 0.3 is 5.97 Å². The summed E-state index contributed by atoms with van der Waals surface area (Å²) in [5.41, 5.74) is -0.384. The standard InChI is InChI=1S/C13H14F2O3/c14-11-6-3-5-10(12(11)15)13(16)18-8-9-4-1-2-7-17-9/h3,5-6,9H,1-2,4,7-8H2. The third-order valence-electron chi connectivity index (χ3n) is 2.85. The second-order valence-corrected chi connectivity index (χ2v) is 4.19. The van der Waals surface area contributed by atoms with E-state index in [2.05, 4.69) is 0 Å². The molecule has 5 heteroatoms. The van der Waals surface area contributed by atoms with E-state index in [9.17, 15) is 13.6 Å². The highest BCUT2D eigenvalue weighted by molar-refractivity contribution is 5.89. The normalized spacial score (nSPS) is 19.6. The smallest absolute Gasteiger partial charge is 0.341 e. The van der Waals surface area contributed by atoms with Crippen LogP contribution < -0.4 is 0 Å². The maximum absolute atomic E-state index is 13.3.